The standard InChI is InChI=1S/C27H37N3O5/c1-16(2)11-19(29-26(32)35-27(4,5)6)15-34-23-13-22-21(12-18(23)14-33-8)20-9-10-28-17(3)24(20)25(31)30(22)7/h9-10,12-13,16,19H,11,14-15H2,1-8H3,(H,29,32)/t19-/m0/s1. The molecule has 0 saturated carbocycles. The summed E-state index contributed by atoms with van der Waals surface area (Å²) in [6, 6.07) is 5.51. The van der Waals surface area contributed by atoms with E-state index in [0.29, 0.717) is 29.4 Å². The van der Waals surface area contributed by atoms with E-state index in [2.05, 4.69) is 24.1 Å². The van der Waals surface area contributed by atoms with Crippen LogP contribution in [0.25, 0.3) is 21.7 Å². The molecule has 0 unspecified atom stereocenters. The summed E-state index contributed by atoms with van der Waals surface area (Å²) in [5.74, 6) is 0.955. The first-order valence-electron chi connectivity index (χ1n) is 11.9. The van der Waals surface area contributed by atoms with Crippen molar-refractivity contribution in [1.82, 2.24) is 14.9 Å². The number of methoxy groups -OCH3 is 1. The molecule has 0 aliphatic heterocycles. The van der Waals surface area contributed by atoms with Crippen LogP contribution in [-0.2, 0) is 23.1 Å². The Balaban J connectivity index is 1.99. The first-order valence-corrected chi connectivity index (χ1v) is 11.9. The largest absolute Gasteiger partial charge is 0.491 e. The SMILES string of the molecule is COCc1cc2c3ccnc(C)c3c(=O)n(C)c2cc1OC[C@H](CC(C)C)NC(=O)OC(C)(C)C. The van der Waals surface area contributed by atoms with Crippen molar-refractivity contribution in [2.45, 2.75) is 66.2 Å². The predicted octanol–water partition coefficient (Wildman–Crippen LogP) is 4.86. The van der Waals surface area contributed by atoms with Gasteiger partial charge in [-0.1, -0.05) is 13.8 Å². The van der Waals surface area contributed by atoms with Gasteiger partial charge in [0.1, 0.15) is 18.0 Å². The lowest BCUT2D eigenvalue weighted by Crippen LogP contribution is -2.42. The number of benzene rings is 1. The maximum atomic E-state index is 13.1. The van der Waals surface area contributed by atoms with E-state index in [1.807, 2.05) is 45.9 Å². The summed E-state index contributed by atoms with van der Waals surface area (Å²) < 4.78 is 18.7. The van der Waals surface area contributed by atoms with Crippen LogP contribution >= 0.6 is 0 Å². The fraction of sp³-hybridized carbons (Fsp3) is 0.519. The second kappa shape index (κ2) is 10.6. The second-order valence-corrected chi connectivity index (χ2v) is 10.4. The molecular formula is C27H37N3O5. The molecule has 3 aromatic rings. The summed E-state index contributed by atoms with van der Waals surface area (Å²) in [6.45, 7) is 12.1. The molecule has 1 aromatic carbocycles. The molecule has 1 N–H and O–H groups in total. The molecule has 1 amide bonds. The molecule has 0 bridgehead atoms. The molecule has 0 radical (unpaired) electrons. The highest BCUT2D eigenvalue weighted by molar-refractivity contribution is 6.06. The third-order valence-electron chi connectivity index (χ3n) is 5.71. The van der Waals surface area contributed by atoms with Crippen LogP contribution in [0.5, 0.6) is 5.75 Å². The van der Waals surface area contributed by atoms with E-state index < -0.39 is 11.7 Å². The number of hydrogen-bond acceptors (Lipinski definition) is 6. The van der Waals surface area contributed by atoms with Crippen LogP contribution in [0.3, 0.4) is 0 Å². The number of ether oxygens (including phenoxy) is 3. The molecule has 0 saturated heterocycles. The number of fused-ring (bicyclic) bond motifs is 3. The normalized spacial score (nSPS) is 12.8. The van der Waals surface area contributed by atoms with Crippen molar-refractivity contribution in [1.29, 1.82) is 0 Å². The van der Waals surface area contributed by atoms with Gasteiger partial charge in [-0.2, -0.15) is 0 Å². The Hall–Kier alpha value is -3.13. The molecule has 0 aliphatic carbocycles. The number of carbonyl (C=O) groups excluding carboxylic acids is 1. The van der Waals surface area contributed by atoms with Crippen LogP contribution in [-0.4, -0.2) is 41.0 Å². The molecule has 2 aromatic heterocycles. The highest BCUT2D eigenvalue weighted by atomic mass is 16.6. The number of nitrogens with one attached hydrogen (secondary N) is 1. The average molecular weight is 484 g/mol. The minimum absolute atomic E-state index is 0.104. The summed E-state index contributed by atoms with van der Waals surface area (Å²) >= 11 is 0. The summed E-state index contributed by atoms with van der Waals surface area (Å²) in [6.07, 6.45) is 1.97. The van der Waals surface area contributed by atoms with Crippen molar-refractivity contribution in [2.24, 2.45) is 13.0 Å². The Morgan fingerprint density at radius 3 is 2.54 bits per heavy atom. The summed E-state index contributed by atoms with van der Waals surface area (Å²) in [4.78, 5) is 29.8. The first kappa shape index (κ1) is 26.5. The lowest BCUT2D eigenvalue weighted by atomic mass is 10.0. The number of aryl methyl sites for hydroxylation is 2. The van der Waals surface area contributed by atoms with Crippen molar-refractivity contribution in [2.75, 3.05) is 13.7 Å². The van der Waals surface area contributed by atoms with E-state index in [-0.39, 0.29) is 18.2 Å². The molecule has 190 valence electrons. The van der Waals surface area contributed by atoms with E-state index in [0.717, 1.165) is 28.3 Å². The van der Waals surface area contributed by atoms with E-state index >= 15 is 0 Å². The molecule has 0 aliphatic rings. The Bertz CT molecular complexity index is 1270. The number of nitrogens with zero attached hydrogens (tertiary/aromatic N) is 2. The van der Waals surface area contributed by atoms with Crippen LogP contribution in [0.4, 0.5) is 4.79 Å². The summed E-state index contributed by atoms with van der Waals surface area (Å²) in [5.41, 5.74) is 1.62. The van der Waals surface area contributed by atoms with Gasteiger partial charge >= 0.3 is 6.09 Å². The number of pyridine rings is 2. The van der Waals surface area contributed by atoms with E-state index in [1.54, 1.807) is 24.9 Å². The Labute approximate surface area is 206 Å². The van der Waals surface area contributed by atoms with Crippen LogP contribution in [0.2, 0.25) is 0 Å². The average Bonchev–Trinajstić information content (AvgIpc) is 2.74. The third kappa shape index (κ3) is 6.31. The van der Waals surface area contributed by atoms with Crippen molar-refractivity contribution in [3.63, 3.8) is 0 Å². The first-order chi connectivity index (χ1) is 16.4. The number of alkyl carbamates (subject to hydrolysis) is 1. The highest BCUT2D eigenvalue weighted by Crippen LogP contribution is 2.31. The number of amides is 1. The van der Waals surface area contributed by atoms with Crippen LogP contribution in [0.1, 0.15) is 52.3 Å². The van der Waals surface area contributed by atoms with Gasteiger partial charge in [0.25, 0.3) is 5.56 Å². The summed E-state index contributed by atoms with van der Waals surface area (Å²) in [5, 5.41) is 5.32. The van der Waals surface area contributed by atoms with Gasteiger partial charge in [0.05, 0.1) is 29.2 Å². The second-order valence-electron chi connectivity index (χ2n) is 10.4. The Kier molecular flexibility index (Phi) is 8.05. The minimum Gasteiger partial charge on any atom is -0.491 e. The van der Waals surface area contributed by atoms with Crippen molar-refractivity contribution in [3.05, 3.63) is 46.0 Å². The molecule has 0 fully saturated rings. The third-order valence-corrected chi connectivity index (χ3v) is 5.71. The van der Waals surface area contributed by atoms with Crippen molar-refractivity contribution in [3.8, 4) is 5.75 Å². The van der Waals surface area contributed by atoms with Gasteiger partial charge in [0, 0.05) is 37.4 Å². The lowest BCUT2D eigenvalue weighted by molar-refractivity contribution is 0.0479. The Morgan fingerprint density at radius 2 is 1.91 bits per heavy atom. The summed E-state index contributed by atoms with van der Waals surface area (Å²) in [7, 11) is 3.38. The van der Waals surface area contributed by atoms with Crippen LogP contribution in [0.15, 0.2) is 29.2 Å². The monoisotopic (exact) mass is 483 g/mol. The van der Waals surface area contributed by atoms with Crippen LogP contribution < -0.4 is 15.6 Å². The molecule has 0 spiro atoms. The fourth-order valence-electron chi connectivity index (χ4n) is 4.25. The number of aromatic nitrogens is 2. The van der Waals surface area contributed by atoms with Gasteiger partial charge in [-0.15, -0.1) is 0 Å². The number of carbonyl (C=O) groups is 1. The zero-order valence-corrected chi connectivity index (χ0v) is 22.0. The molecule has 35 heavy (non-hydrogen) atoms. The quantitative estimate of drug-likeness (QED) is 0.460. The predicted molar refractivity (Wildman–Crippen MR) is 138 cm³/mol. The van der Waals surface area contributed by atoms with Gasteiger partial charge in [0.2, 0.25) is 0 Å². The maximum absolute atomic E-state index is 13.1. The van der Waals surface area contributed by atoms with Gasteiger partial charge in [-0.25, -0.2) is 4.79 Å². The highest BCUT2D eigenvalue weighted by Gasteiger charge is 2.22. The van der Waals surface area contributed by atoms with E-state index in [4.69, 9.17) is 14.2 Å². The Morgan fingerprint density at radius 1 is 1.20 bits per heavy atom. The minimum atomic E-state index is -0.585. The number of hydrogen-bond donors (Lipinski definition) is 1. The molecule has 3 rings (SSSR count). The molecule has 1 atom stereocenters. The zero-order chi connectivity index (χ0) is 25.9. The molecular weight excluding hydrogens is 446 g/mol. The van der Waals surface area contributed by atoms with Crippen molar-refractivity contribution >= 4 is 27.8 Å². The van der Waals surface area contributed by atoms with Gasteiger partial charge in [-0.05, 0) is 57.6 Å². The molecule has 8 heteroatoms. The zero-order valence-electron chi connectivity index (χ0n) is 22.0. The number of rotatable bonds is 8. The van der Waals surface area contributed by atoms with Gasteiger partial charge < -0.3 is 24.1 Å². The van der Waals surface area contributed by atoms with E-state index in [9.17, 15) is 9.59 Å². The van der Waals surface area contributed by atoms with Gasteiger partial charge in [0.15, 0.2) is 0 Å². The lowest BCUT2D eigenvalue weighted by Gasteiger charge is -2.25. The van der Waals surface area contributed by atoms with Gasteiger partial charge in [-0.3, -0.25) is 9.78 Å². The van der Waals surface area contributed by atoms with E-state index in [1.165, 1.54) is 0 Å². The van der Waals surface area contributed by atoms with Crippen LogP contribution in [0, 0.1) is 12.8 Å². The smallest absolute Gasteiger partial charge is 0.407 e. The molecule has 8 nitrogen and oxygen atoms in total. The topological polar surface area (TPSA) is 91.7 Å². The maximum Gasteiger partial charge on any atom is 0.407 e. The fourth-order valence-corrected chi connectivity index (χ4v) is 4.25. The molecule has 2 heterocycles. The van der Waals surface area contributed by atoms with Crippen molar-refractivity contribution < 1.29 is 19.0 Å².